The molecule has 1 aromatic carbocycles. The summed E-state index contributed by atoms with van der Waals surface area (Å²) in [5.41, 5.74) is 14.2. The number of carbonyl (C=O) groups excluding carboxylic acids is 1. The maximum Gasteiger partial charge on any atom is 0.239 e. The number of primary amides is 1. The molecule has 1 amide bonds. The highest BCUT2D eigenvalue weighted by Gasteiger charge is 2.23. The van der Waals surface area contributed by atoms with E-state index >= 15 is 0 Å². The van der Waals surface area contributed by atoms with Crippen molar-refractivity contribution in [3.63, 3.8) is 0 Å². The Morgan fingerprint density at radius 2 is 2.25 bits per heavy atom. The molecule has 8 heteroatoms. The molecule has 20 heavy (non-hydrogen) atoms. The highest BCUT2D eigenvalue weighted by molar-refractivity contribution is 5.82. The molecule has 0 aromatic heterocycles. The third kappa shape index (κ3) is 3.78. The first kappa shape index (κ1) is 15.6. The van der Waals surface area contributed by atoms with Crippen LogP contribution in [0.3, 0.4) is 0 Å². The van der Waals surface area contributed by atoms with Gasteiger partial charge in [-0.2, -0.15) is 0 Å². The number of hydrogen-bond acceptors (Lipinski definition) is 5. The summed E-state index contributed by atoms with van der Waals surface area (Å²) < 4.78 is 10.4. The zero-order valence-electron chi connectivity index (χ0n) is 11.4. The Morgan fingerprint density at radius 1 is 1.50 bits per heavy atom. The molecule has 1 atom stereocenters. The molecular weight excluding hydrogens is 262 g/mol. The molecule has 0 aliphatic carbocycles. The molecule has 1 rings (SSSR count). The van der Waals surface area contributed by atoms with E-state index in [0.29, 0.717) is 23.6 Å². The van der Waals surface area contributed by atoms with Crippen molar-refractivity contribution in [2.45, 2.75) is 6.04 Å². The van der Waals surface area contributed by atoms with Crippen molar-refractivity contribution in [1.29, 1.82) is 0 Å². The molecule has 0 aliphatic rings. The largest absolute Gasteiger partial charge is 0.493 e. The summed E-state index contributed by atoms with van der Waals surface area (Å²) in [6, 6.07) is 4.42. The highest BCUT2D eigenvalue weighted by atomic mass is 16.5. The summed E-state index contributed by atoms with van der Waals surface area (Å²) >= 11 is 0. The Labute approximate surface area is 116 Å². The number of nitrogens with zero attached hydrogens (tertiary/aromatic N) is 3. The normalized spacial score (nSPS) is 11.3. The Morgan fingerprint density at radius 3 is 2.80 bits per heavy atom. The van der Waals surface area contributed by atoms with Crippen molar-refractivity contribution < 1.29 is 14.3 Å². The number of benzene rings is 1. The van der Waals surface area contributed by atoms with Crippen molar-refractivity contribution in [3.8, 4) is 11.5 Å². The van der Waals surface area contributed by atoms with Crippen LogP contribution in [-0.2, 0) is 4.79 Å². The van der Waals surface area contributed by atoms with Crippen LogP contribution in [-0.4, -0.2) is 33.2 Å². The van der Waals surface area contributed by atoms with Crippen LogP contribution >= 0.6 is 0 Å². The number of rotatable bonds is 8. The average molecular weight is 279 g/mol. The number of methoxy groups -OCH3 is 2. The minimum Gasteiger partial charge on any atom is -0.493 e. The molecule has 0 bridgehead atoms. The maximum absolute atomic E-state index is 11.6. The SMILES string of the molecule is COc1cccc(C(NCCN=[N+]=[N-])C(N)=O)c1OC. The predicted molar refractivity (Wildman–Crippen MR) is 73.5 cm³/mol. The van der Waals surface area contributed by atoms with Gasteiger partial charge < -0.3 is 20.5 Å². The molecule has 3 N–H and O–H groups in total. The minimum absolute atomic E-state index is 0.215. The monoisotopic (exact) mass is 279 g/mol. The van der Waals surface area contributed by atoms with Crippen LogP contribution in [0.15, 0.2) is 23.3 Å². The van der Waals surface area contributed by atoms with Crippen molar-refractivity contribution in [1.82, 2.24) is 5.32 Å². The number of azide groups is 1. The molecule has 0 saturated heterocycles. The number of nitrogens with two attached hydrogens (primary N) is 1. The van der Waals surface area contributed by atoms with Crippen LogP contribution in [0.1, 0.15) is 11.6 Å². The van der Waals surface area contributed by atoms with Gasteiger partial charge in [-0.1, -0.05) is 17.2 Å². The molecular formula is C12H17N5O3. The summed E-state index contributed by atoms with van der Waals surface area (Å²) in [5, 5.41) is 6.30. The minimum atomic E-state index is -0.756. The van der Waals surface area contributed by atoms with Gasteiger partial charge in [-0.3, -0.25) is 4.79 Å². The first-order chi connectivity index (χ1) is 9.65. The third-order valence-corrected chi connectivity index (χ3v) is 2.65. The Bertz CT molecular complexity index is 514. The zero-order valence-corrected chi connectivity index (χ0v) is 11.4. The van der Waals surface area contributed by atoms with E-state index in [1.54, 1.807) is 18.2 Å². The second-order valence-electron chi connectivity index (χ2n) is 3.83. The van der Waals surface area contributed by atoms with Gasteiger partial charge in [-0.05, 0) is 11.6 Å². The zero-order chi connectivity index (χ0) is 15.0. The van der Waals surface area contributed by atoms with E-state index in [1.165, 1.54) is 14.2 Å². The molecule has 0 saturated carbocycles. The van der Waals surface area contributed by atoms with Crippen LogP contribution in [0.4, 0.5) is 0 Å². The fourth-order valence-corrected chi connectivity index (χ4v) is 1.81. The third-order valence-electron chi connectivity index (χ3n) is 2.65. The number of nitrogens with one attached hydrogen (secondary N) is 1. The predicted octanol–water partition coefficient (Wildman–Crippen LogP) is 1.13. The van der Waals surface area contributed by atoms with E-state index in [4.69, 9.17) is 20.7 Å². The first-order valence-electron chi connectivity index (χ1n) is 5.90. The van der Waals surface area contributed by atoms with E-state index in [0.717, 1.165) is 0 Å². The topological polar surface area (TPSA) is 122 Å². The molecule has 0 fully saturated rings. The van der Waals surface area contributed by atoms with Gasteiger partial charge in [-0.25, -0.2) is 0 Å². The van der Waals surface area contributed by atoms with Crippen LogP contribution in [0.25, 0.3) is 10.4 Å². The van der Waals surface area contributed by atoms with Crippen LogP contribution in [0, 0.1) is 0 Å². The number of para-hydroxylation sites is 1. The van der Waals surface area contributed by atoms with Gasteiger partial charge in [-0.15, -0.1) is 0 Å². The fraction of sp³-hybridized carbons (Fsp3) is 0.417. The van der Waals surface area contributed by atoms with Gasteiger partial charge in [0.05, 0.1) is 14.2 Å². The standard InChI is InChI=1S/C12H17N5O3/c1-19-9-5-3-4-8(11(9)20-2)10(12(13)18)15-6-7-16-17-14/h3-5,10,15H,6-7H2,1-2H3,(H2,13,18). The molecule has 1 unspecified atom stereocenters. The van der Waals surface area contributed by atoms with Crippen molar-refractivity contribution in [3.05, 3.63) is 34.2 Å². The molecule has 0 spiro atoms. The lowest BCUT2D eigenvalue weighted by atomic mass is 10.0. The first-order valence-corrected chi connectivity index (χ1v) is 5.90. The van der Waals surface area contributed by atoms with Crippen molar-refractivity contribution >= 4 is 5.91 Å². The molecule has 108 valence electrons. The Kier molecular flexibility index (Phi) is 6.15. The van der Waals surface area contributed by atoms with Gasteiger partial charge in [0.1, 0.15) is 6.04 Å². The molecule has 8 nitrogen and oxygen atoms in total. The molecule has 0 radical (unpaired) electrons. The number of hydrogen-bond donors (Lipinski definition) is 2. The van der Waals surface area contributed by atoms with E-state index < -0.39 is 11.9 Å². The van der Waals surface area contributed by atoms with E-state index in [2.05, 4.69) is 15.3 Å². The van der Waals surface area contributed by atoms with Gasteiger partial charge in [0.2, 0.25) is 5.91 Å². The number of amides is 1. The lowest BCUT2D eigenvalue weighted by Crippen LogP contribution is -2.35. The average Bonchev–Trinajstić information content (AvgIpc) is 2.46. The van der Waals surface area contributed by atoms with E-state index in [9.17, 15) is 4.79 Å². The fourth-order valence-electron chi connectivity index (χ4n) is 1.81. The van der Waals surface area contributed by atoms with Crippen LogP contribution in [0.5, 0.6) is 11.5 Å². The number of carbonyl (C=O) groups is 1. The lowest BCUT2D eigenvalue weighted by molar-refractivity contribution is -0.120. The second kappa shape index (κ2) is 7.88. The smallest absolute Gasteiger partial charge is 0.239 e. The maximum atomic E-state index is 11.6. The quantitative estimate of drug-likeness (QED) is 0.320. The van der Waals surface area contributed by atoms with Gasteiger partial charge >= 0.3 is 0 Å². The van der Waals surface area contributed by atoms with Crippen LogP contribution < -0.4 is 20.5 Å². The summed E-state index contributed by atoms with van der Waals surface area (Å²) in [6.07, 6.45) is 0. The second-order valence-corrected chi connectivity index (χ2v) is 3.83. The summed E-state index contributed by atoms with van der Waals surface area (Å²) in [7, 11) is 3.00. The highest BCUT2D eigenvalue weighted by Crippen LogP contribution is 2.34. The summed E-state index contributed by atoms with van der Waals surface area (Å²) in [6.45, 7) is 0.532. The van der Waals surface area contributed by atoms with Crippen molar-refractivity contribution in [2.24, 2.45) is 10.8 Å². The van der Waals surface area contributed by atoms with Gasteiger partial charge in [0, 0.05) is 23.6 Å². The van der Waals surface area contributed by atoms with Gasteiger partial charge in [0.15, 0.2) is 11.5 Å². The Balaban J connectivity index is 3.02. The lowest BCUT2D eigenvalue weighted by Gasteiger charge is -2.19. The summed E-state index contributed by atoms with van der Waals surface area (Å²) in [5.74, 6) is 0.390. The van der Waals surface area contributed by atoms with Crippen LogP contribution in [0.2, 0.25) is 0 Å². The van der Waals surface area contributed by atoms with Gasteiger partial charge in [0.25, 0.3) is 0 Å². The van der Waals surface area contributed by atoms with E-state index in [-0.39, 0.29) is 6.54 Å². The molecule has 0 heterocycles. The Hall–Kier alpha value is -2.44. The van der Waals surface area contributed by atoms with E-state index in [1.807, 2.05) is 0 Å². The molecule has 0 aliphatic heterocycles. The number of ether oxygens (including phenoxy) is 2. The van der Waals surface area contributed by atoms with Crippen molar-refractivity contribution in [2.75, 3.05) is 27.3 Å². The molecule has 1 aromatic rings. The summed E-state index contributed by atoms with van der Waals surface area (Å²) in [4.78, 5) is 14.2.